The van der Waals surface area contributed by atoms with Crippen molar-refractivity contribution >= 4 is 11.6 Å². The molecular formula is C14H20ClNO. The van der Waals surface area contributed by atoms with Crippen LogP contribution in [0.4, 0.5) is 0 Å². The van der Waals surface area contributed by atoms with Crippen molar-refractivity contribution in [2.45, 2.75) is 44.4 Å². The first-order valence-electron chi connectivity index (χ1n) is 6.25. The Bertz CT molecular complexity index is 365. The lowest BCUT2D eigenvalue weighted by molar-refractivity contribution is 0.0655. The summed E-state index contributed by atoms with van der Waals surface area (Å²) in [4.78, 5) is 2.28. The van der Waals surface area contributed by atoms with Gasteiger partial charge in [-0.15, -0.1) is 0 Å². The molecule has 1 fully saturated rings. The number of hydrogen-bond acceptors (Lipinski definition) is 2. The Morgan fingerprint density at radius 3 is 2.47 bits per heavy atom. The zero-order valence-corrected chi connectivity index (χ0v) is 11.2. The number of hydrogen-bond donors (Lipinski definition) is 1. The average Bonchev–Trinajstić information content (AvgIpc) is 2.74. The summed E-state index contributed by atoms with van der Waals surface area (Å²) < 4.78 is 0. The number of nitrogens with zero attached hydrogens (tertiary/aromatic N) is 1. The smallest absolute Gasteiger partial charge is 0.0695 e. The van der Waals surface area contributed by atoms with Gasteiger partial charge >= 0.3 is 0 Å². The molecule has 0 radical (unpaired) electrons. The van der Waals surface area contributed by atoms with Crippen LogP contribution in [-0.2, 0) is 0 Å². The molecule has 0 saturated heterocycles. The van der Waals surface area contributed by atoms with Gasteiger partial charge in [0.25, 0.3) is 0 Å². The Morgan fingerprint density at radius 2 is 1.94 bits per heavy atom. The van der Waals surface area contributed by atoms with E-state index in [0.717, 1.165) is 24.3 Å². The molecule has 0 aromatic heterocycles. The summed E-state index contributed by atoms with van der Waals surface area (Å²) in [5, 5.41) is 10.7. The Kier molecular flexibility index (Phi) is 4.08. The van der Waals surface area contributed by atoms with Gasteiger partial charge in [0.2, 0.25) is 0 Å². The maximum absolute atomic E-state index is 9.94. The first-order chi connectivity index (χ1) is 8.09. The topological polar surface area (TPSA) is 23.5 Å². The van der Waals surface area contributed by atoms with E-state index in [1.807, 2.05) is 12.1 Å². The highest BCUT2D eigenvalue weighted by Crippen LogP contribution is 2.30. The molecule has 2 rings (SSSR count). The van der Waals surface area contributed by atoms with Crippen LogP contribution in [0.5, 0.6) is 0 Å². The molecule has 3 heteroatoms. The van der Waals surface area contributed by atoms with Crippen LogP contribution in [0.15, 0.2) is 24.3 Å². The van der Waals surface area contributed by atoms with Gasteiger partial charge in [-0.05, 0) is 50.9 Å². The molecule has 1 saturated carbocycles. The van der Waals surface area contributed by atoms with Crippen molar-refractivity contribution in [3.63, 3.8) is 0 Å². The third kappa shape index (κ3) is 2.82. The molecule has 0 heterocycles. The number of rotatable bonds is 3. The molecule has 2 nitrogen and oxygen atoms in total. The summed E-state index contributed by atoms with van der Waals surface area (Å²) >= 11 is 5.89. The number of aliphatic hydroxyl groups is 1. The van der Waals surface area contributed by atoms with Crippen molar-refractivity contribution in [1.29, 1.82) is 0 Å². The van der Waals surface area contributed by atoms with E-state index in [9.17, 15) is 5.11 Å². The van der Waals surface area contributed by atoms with E-state index in [2.05, 4.69) is 31.0 Å². The molecule has 0 spiro atoms. The van der Waals surface area contributed by atoms with Gasteiger partial charge < -0.3 is 5.11 Å². The first kappa shape index (κ1) is 12.9. The van der Waals surface area contributed by atoms with E-state index < -0.39 is 0 Å². The molecule has 0 amide bonds. The fourth-order valence-electron chi connectivity index (χ4n) is 2.66. The van der Waals surface area contributed by atoms with Gasteiger partial charge in [0.05, 0.1) is 6.10 Å². The maximum Gasteiger partial charge on any atom is 0.0695 e. The van der Waals surface area contributed by atoms with Crippen LogP contribution in [0.25, 0.3) is 0 Å². The highest BCUT2D eigenvalue weighted by atomic mass is 35.5. The van der Waals surface area contributed by atoms with Crippen LogP contribution in [0.2, 0.25) is 5.02 Å². The Balaban J connectivity index is 2.08. The lowest BCUT2D eigenvalue weighted by Crippen LogP contribution is -2.39. The van der Waals surface area contributed by atoms with Gasteiger partial charge in [-0.3, -0.25) is 4.90 Å². The van der Waals surface area contributed by atoms with E-state index in [4.69, 9.17) is 11.6 Å². The Labute approximate surface area is 108 Å². The minimum atomic E-state index is -0.172. The number of likely N-dealkylation sites (N-methyl/N-ethyl adjacent to an activating group) is 1. The first-order valence-corrected chi connectivity index (χ1v) is 6.63. The standard InChI is InChI=1S/C14H20ClNO/c1-10(11-6-8-12(15)9-7-11)16(2)13-4-3-5-14(13)17/h6-10,13-14,17H,3-5H2,1-2H3. The molecule has 94 valence electrons. The predicted molar refractivity (Wildman–Crippen MR) is 71.3 cm³/mol. The lowest BCUT2D eigenvalue weighted by atomic mass is 10.0. The van der Waals surface area contributed by atoms with Crippen molar-refractivity contribution in [2.75, 3.05) is 7.05 Å². The summed E-state index contributed by atoms with van der Waals surface area (Å²) in [5.41, 5.74) is 1.25. The molecule has 1 aromatic rings. The molecule has 0 bridgehead atoms. The molecular weight excluding hydrogens is 234 g/mol. The summed E-state index contributed by atoms with van der Waals surface area (Å²) in [6.45, 7) is 2.17. The normalized spacial score (nSPS) is 26.4. The molecule has 1 aliphatic rings. The second kappa shape index (κ2) is 5.38. The summed E-state index contributed by atoms with van der Waals surface area (Å²) in [7, 11) is 2.10. The van der Waals surface area contributed by atoms with Gasteiger partial charge in [0, 0.05) is 17.1 Å². The third-order valence-electron chi connectivity index (χ3n) is 3.93. The zero-order valence-electron chi connectivity index (χ0n) is 10.4. The van der Waals surface area contributed by atoms with E-state index in [1.165, 1.54) is 5.56 Å². The SMILES string of the molecule is CC(c1ccc(Cl)cc1)N(C)C1CCCC1O. The molecule has 3 atom stereocenters. The predicted octanol–water partition coefficient (Wildman–Crippen LogP) is 3.25. The van der Waals surface area contributed by atoms with Crippen LogP contribution < -0.4 is 0 Å². The molecule has 0 aliphatic heterocycles. The molecule has 3 unspecified atom stereocenters. The highest BCUT2D eigenvalue weighted by Gasteiger charge is 2.31. The van der Waals surface area contributed by atoms with Gasteiger partial charge in [-0.1, -0.05) is 23.7 Å². The van der Waals surface area contributed by atoms with Gasteiger partial charge in [-0.25, -0.2) is 0 Å². The van der Waals surface area contributed by atoms with E-state index in [1.54, 1.807) is 0 Å². The van der Waals surface area contributed by atoms with Crippen LogP contribution in [0, 0.1) is 0 Å². The lowest BCUT2D eigenvalue weighted by Gasteiger charge is -2.32. The minimum Gasteiger partial charge on any atom is -0.391 e. The number of benzene rings is 1. The second-order valence-electron chi connectivity index (χ2n) is 4.96. The van der Waals surface area contributed by atoms with E-state index in [-0.39, 0.29) is 6.10 Å². The fourth-order valence-corrected chi connectivity index (χ4v) is 2.79. The van der Waals surface area contributed by atoms with Crippen LogP contribution in [0.1, 0.15) is 37.8 Å². The van der Waals surface area contributed by atoms with E-state index in [0.29, 0.717) is 12.1 Å². The van der Waals surface area contributed by atoms with Crippen molar-refractivity contribution in [3.8, 4) is 0 Å². The van der Waals surface area contributed by atoms with Crippen molar-refractivity contribution in [3.05, 3.63) is 34.9 Å². The molecule has 17 heavy (non-hydrogen) atoms. The Hall–Kier alpha value is -0.570. The minimum absolute atomic E-state index is 0.172. The molecule has 1 N–H and O–H groups in total. The third-order valence-corrected chi connectivity index (χ3v) is 4.18. The summed E-state index contributed by atoms with van der Waals surface area (Å²) in [6, 6.07) is 8.57. The summed E-state index contributed by atoms with van der Waals surface area (Å²) in [5.74, 6) is 0. The van der Waals surface area contributed by atoms with Crippen molar-refractivity contribution in [1.82, 2.24) is 4.90 Å². The average molecular weight is 254 g/mol. The zero-order chi connectivity index (χ0) is 12.4. The molecule has 1 aromatic carbocycles. The largest absolute Gasteiger partial charge is 0.391 e. The van der Waals surface area contributed by atoms with Crippen LogP contribution >= 0.6 is 11.6 Å². The van der Waals surface area contributed by atoms with Crippen molar-refractivity contribution in [2.24, 2.45) is 0 Å². The van der Waals surface area contributed by atoms with Gasteiger partial charge in [-0.2, -0.15) is 0 Å². The fraction of sp³-hybridized carbons (Fsp3) is 0.571. The van der Waals surface area contributed by atoms with Crippen molar-refractivity contribution < 1.29 is 5.11 Å². The maximum atomic E-state index is 9.94. The summed E-state index contributed by atoms with van der Waals surface area (Å²) in [6.07, 6.45) is 2.98. The number of aliphatic hydroxyl groups excluding tert-OH is 1. The monoisotopic (exact) mass is 253 g/mol. The highest BCUT2D eigenvalue weighted by molar-refractivity contribution is 6.30. The van der Waals surface area contributed by atoms with Crippen LogP contribution in [0.3, 0.4) is 0 Å². The Morgan fingerprint density at radius 1 is 1.29 bits per heavy atom. The molecule has 1 aliphatic carbocycles. The quantitative estimate of drug-likeness (QED) is 0.894. The van der Waals surface area contributed by atoms with Gasteiger partial charge in [0.15, 0.2) is 0 Å². The van der Waals surface area contributed by atoms with Gasteiger partial charge in [0.1, 0.15) is 0 Å². The van der Waals surface area contributed by atoms with Crippen LogP contribution in [-0.4, -0.2) is 29.2 Å². The second-order valence-corrected chi connectivity index (χ2v) is 5.40. The van der Waals surface area contributed by atoms with E-state index >= 15 is 0 Å². The number of halogens is 1.